The first-order valence-corrected chi connectivity index (χ1v) is 9.92. The minimum Gasteiger partial charge on any atom is -0.506 e. The van der Waals surface area contributed by atoms with E-state index in [1.54, 1.807) is 18.2 Å². The van der Waals surface area contributed by atoms with Crippen LogP contribution in [-0.2, 0) is 11.3 Å². The maximum Gasteiger partial charge on any atom is 0.234 e. The van der Waals surface area contributed by atoms with E-state index in [1.807, 2.05) is 48.7 Å². The summed E-state index contributed by atoms with van der Waals surface area (Å²) in [5.41, 5.74) is 0.385. The number of benzene rings is 2. The Kier molecular flexibility index (Phi) is 6.54. The van der Waals surface area contributed by atoms with Crippen molar-refractivity contribution in [3.05, 3.63) is 60.4 Å². The monoisotopic (exact) mass is 398 g/mol. The summed E-state index contributed by atoms with van der Waals surface area (Å²) in [5, 5.41) is 21.6. The molecular formula is C20H22N4O3S. The zero-order valence-electron chi connectivity index (χ0n) is 15.7. The van der Waals surface area contributed by atoms with Gasteiger partial charge in [0.15, 0.2) is 17.1 Å². The molecule has 1 aromatic heterocycles. The average Bonchev–Trinajstić information content (AvgIpc) is 3.12. The molecule has 146 valence electrons. The quantitative estimate of drug-likeness (QED) is 0.442. The fourth-order valence-corrected chi connectivity index (χ4v) is 3.47. The Morgan fingerprint density at radius 1 is 1.18 bits per heavy atom. The number of aromatic nitrogens is 3. The fourth-order valence-electron chi connectivity index (χ4n) is 2.66. The maximum absolute atomic E-state index is 12.2. The van der Waals surface area contributed by atoms with E-state index in [0.717, 1.165) is 5.75 Å². The van der Waals surface area contributed by atoms with Crippen LogP contribution in [0, 0.1) is 0 Å². The second kappa shape index (κ2) is 9.27. The van der Waals surface area contributed by atoms with E-state index in [9.17, 15) is 9.90 Å². The van der Waals surface area contributed by atoms with Crippen LogP contribution in [0.15, 0.2) is 59.8 Å². The summed E-state index contributed by atoms with van der Waals surface area (Å²) >= 11 is 1.29. The molecule has 7 nitrogen and oxygen atoms in total. The topological polar surface area (TPSA) is 89.3 Å². The first kappa shape index (κ1) is 19.8. The van der Waals surface area contributed by atoms with Crippen molar-refractivity contribution in [3.8, 4) is 11.5 Å². The van der Waals surface area contributed by atoms with Crippen molar-refractivity contribution < 1.29 is 14.6 Å². The predicted octanol–water partition coefficient (Wildman–Crippen LogP) is 3.87. The largest absolute Gasteiger partial charge is 0.506 e. The summed E-state index contributed by atoms with van der Waals surface area (Å²) in [6.45, 7) is 4.57. The zero-order valence-corrected chi connectivity index (χ0v) is 16.5. The summed E-state index contributed by atoms with van der Waals surface area (Å²) in [6.07, 6.45) is -0.278. The van der Waals surface area contributed by atoms with Crippen LogP contribution in [0.3, 0.4) is 0 Å². The van der Waals surface area contributed by atoms with Gasteiger partial charge < -0.3 is 19.7 Å². The van der Waals surface area contributed by atoms with E-state index in [4.69, 9.17) is 4.74 Å². The molecule has 1 amide bonds. The summed E-state index contributed by atoms with van der Waals surface area (Å²) < 4.78 is 7.87. The molecule has 0 aliphatic carbocycles. The van der Waals surface area contributed by atoms with Gasteiger partial charge in [0.1, 0.15) is 11.5 Å². The van der Waals surface area contributed by atoms with Gasteiger partial charge in [-0.1, -0.05) is 42.1 Å². The maximum atomic E-state index is 12.2. The average molecular weight is 398 g/mol. The lowest BCUT2D eigenvalue weighted by atomic mass is 10.3. The molecule has 2 N–H and O–H groups in total. The van der Waals surface area contributed by atoms with Crippen LogP contribution in [0.5, 0.6) is 11.5 Å². The Balaban J connectivity index is 1.63. The Hall–Kier alpha value is -3.00. The van der Waals surface area contributed by atoms with Gasteiger partial charge in [-0.05, 0) is 38.1 Å². The number of nitrogens with zero attached hydrogens (tertiary/aromatic N) is 3. The SMILES string of the molecule is CCn1c(SCC(=O)Nc2ccccc2O)nnc1[C@H](C)Oc1ccccc1. The highest BCUT2D eigenvalue weighted by Gasteiger charge is 2.19. The number of amides is 1. The molecule has 28 heavy (non-hydrogen) atoms. The van der Waals surface area contributed by atoms with Gasteiger partial charge in [0.2, 0.25) is 5.91 Å². The van der Waals surface area contributed by atoms with Crippen molar-refractivity contribution in [2.24, 2.45) is 0 Å². The molecule has 0 unspecified atom stereocenters. The number of rotatable bonds is 8. The lowest BCUT2D eigenvalue weighted by Crippen LogP contribution is -2.15. The molecule has 0 aliphatic rings. The molecule has 3 aromatic rings. The van der Waals surface area contributed by atoms with Crippen molar-refractivity contribution in [2.45, 2.75) is 31.7 Å². The number of ether oxygens (including phenoxy) is 1. The van der Waals surface area contributed by atoms with Crippen LogP contribution in [-0.4, -0.2) is 31.5 Å². The van der Waals surface area contributed by atoms with Crippen molar-refractivity contribution in [1.29, 1.82) is 0 Å². The van der Waals surface area contributed by atoms with Gasteiger partial charge in [-0.15, -0.1) is 10.2 Å². The Morgan fingerprint density at radius 3 is 2.61 bits per heavy atom. The molecule has 8 heteroatoms. The number of para-hydroxylation sites is 3. The number of carbonyl (C=O) groups is 1. The molecule has 0 radical (unpaired) electrons. The number of aromatic hydroxyl groups is 1. The van der Waals surface area contributed by atoms with Gasteiger partial charge in [-0.3, -0.25) is 4.79 Å². The number of phenolic OH excluding ortho intramolecular Hbond substituents is 1. The Morgan fingerprint density at radius 2 is 1.89 bits per heavy atom. The Bertz CT molecular complexity index is 930. The van der Waals surface area contributed by atoms with Gasteiger partial charge in [-0.2, -0.15) is 0 Å². The van der Waals surface area contributed by atoms with Crippen LogP contribution < -0.4 is 10.1 Å². The molecule has 3 rings (SSSR count). The minimum atomic E-state index is -0.278. The number of carbonyl (C=O) groups excluding carboxylic acids is 1. The standard InChI is InChI=1S/C20H22N4O3S/c1-3-24-19(14(2)27-15-9-5-4-6-10-15)22-23-20(24)28-13-18(26)21-16-11-7-8-12-17(16)25/h4-12,14,25H,3,13H2,1-2H3,(H,21,26)/t14-/m0/s1. The summed E-state index contributed by atoms with van der Waals surface area (Å²) in [5.74, 6) is 1.42. The second-order valence-electron chi connectivity index (χ2n) is 6.01. The molecule has 0 saturated carbocycles. The summed E-state index contributed by atoms with van der Waals surface area (Å²) in [7, 11) is 0. The van der Waals surface area contributed by atoms with E-state index in [2.05, 4.69) is 15.5 Å². The smallest absolute Gasteiger partial charge is 0.234 e. The lowest BCUT2D eigenvalue weighted by molar-refractivity contribution is -0.113. The number of thioether (sulfide) groups is 1. The highest BCUT2D eigenvalue weighted by Crippen LogP contribution is 2.25. The number of nitrogens with one attached hydrogen (secondary N) is 1. The van der Waals surface area contributed by atoms with Gasteiger partial charge in [0.25, 0.3) is 0 Å². The van der Waals surface area contributed by atoms with Gasteiger partial charge in [0, 0.05) is 6.54 Å². The molecular weight excluding hydrogens is 376 g/mol. The van der Waals surface area contributed by atoms with Crippen LogP contribution in [0.2, 0.25) is 0 Å². The minimum absolute atomic E-state index is 0.0340. The molecule has 2 aromatic carbocycles. The Labute approximate surface area is 167 Å². The molecule has 0 fully saturated rings. The number of hydrogen-bond donors (Lipinski definition) is 2. The van der Waals surface area contributed by atoms with Crippen molar-refractivity contribution >= 4 is 23.4 Å². The first-order chi connectivity index (χ1) is 13.6. The van der Waals surface area contributed by atoms with Crippen LogP contribution in [0.4, 0.5) is 5.69 Å². The van der Waals surface area contributed by atoms with Crippen LogP contribution in [0.1, 0.15) is 25.8 Å². The number of hydrogen-bond acceptors (Lipinski definition) is 6. The third kappa shape index (κ3) is 4.83. The third-order valence-corrected chi connectivity index (χ3v) is 4.96. The summed E-state index contributed by atoms with van der Waals surface area (Å²) in [6, 6.07) is 16.2. The highest BCUT2D eigenvalue weighted by atomic mass is 32.2. The van der Waals surface area contributed by atoms with Gasteiger partial charge in [0.05, 0.1) is 11.4 Å². The van der Waals surface area contributed by atoms with Crippen molar-refractivity contribution in [1.82, 2.24) is 14.8 Å². The molecule has 0 saturated heterocycles. The molecule has 1 atom stereocenters. The lowest BCUT2D eigenvalue weighted by Gasteiger charge is -2.15. The predicted molar refractivity (Wildman–Crippen MR) is 109 cm³/mol. The van der Waals surface area contributed by atoms with Crippen LogP contribution >= 0.6 is 11.8 Å². The number of anilines is 1. The fraction of sp³-hybridized carbons (Fsp3) is 0.250. The normalized spacial score (nSPS) is 11.8. The highest BCUT2D eigenvalue weighted by molar-refractivity contribution is 7.99. The van der Waals surface area contributed by atoms with E-state index in [-0.39, 0.29) is 23.5 Å². The van der Waals surface area contributed by atoms with Crippen molar-refractivity contribution in [3.63, 3.8) is 0 Å². The molecule has 0 spiro atoms. The van der Waals surface area contributed by atoms with E-state index in [0.29, 0.717) is 23.2 Å². The molecule has 0 bridgehead atoms. The van der Waals surface area contributed by atoms with E-state index >= 15 is 0 Å². The zero-order chi connectivity index (χ0) is 19.9. The second-order valence-corrected chi connectivity index (χ2v) is 6.95. The van der Waals surface area contributed by atoms with Gasteiger partial charge >= 0.3 is 0 Å². The first-order valence-electron chi connectivity index (χ1n) is 8.94. The third-order valence-electron chi connectivity index (χ3n) is 3.99. The van der Waals surface area contributed by atoms with Gasteiger partial charge in [-0.25, -0.2) is 0 Å². The van der Waals surface area contributed by atoms with E-state index in [1.165, 1.54) is 17.8 Å². The van der Waals surface area contributed by atoms with Crippen molar-refractivity contribution in [2.75, 3.05) is 11.1 Å². The number of phenols is 1. The molecule has 1 heterocycles. The summed E-state index contributed by atoms with van der Waals surface area (Å²) in [4.78, 5) is 12.2. The van der Waals surface area contributed by atoms with Crippen LogP contribution in [0.25, 0.3) is 0 Å². The van der Waals surface area contributed by atoms with E-state index < -0.39 is 0 Å². The molecule has 0 aliphatic heterocycles.